The quantitative estimate of drug-likeness (QED) is 0.0663. The summed E-state index contributed by atoms with van der Waals surface area (Å²) in [5.74, 6) is -0.0694. The Bertz CT molecular complexity index is 692. The van der Waals surface area contributed by atoms with E-state index in [0.717, 1.165) is 70.6 Å². The van der Waals surface area contributed by atoms with Crippen LogP contribution in [0.25, 0.3) is 0 Å². The number of hydrogen-bond donors (Lipinski definition) is 3. The molecule has 0 aromatic heterocycles. The molecule has 1 amide bonds. The number of carbonyl (C=O) groups is 1. The first-order valence-corrected chi connectivity index (χ1v) is 16.5. The standard InChI is InChI=1S/C36H63NO3/c1-3-5-7-9-11-13-14-15-16-17-18-19-20-21-22-24-26-28-30-32-36(40)37-34(33-38)35(39)31-29-27-25-23-12-10-8-6-4-2/h5,7,11,13,15-16,18-19,21-22,34-35,38-39H,3-4,6,8-10,12,14,17,20,23-33H2,1-2H3,(H,37,40)/b7-5-,13-11-,16-15-,19-18-,22-21-. The summed E-state index contributed by atoms with van der Waals surface area (Å²) in [6.07, 6.45) is 42.7. The highest BCUT2D eigenvalue weighted by Crippen LogP contribution is 2.13. The average Bonchev–Trinajstić information content (AvgIpc) is 2.96. The minimum atomic E-state index is -0.672. The molecule has 0 heterocycles. The van der Waals surface area contributed by atoms with Gasteiger partial charge in [0.15, 0.2) is 0 Å². The number of nitrogens with one attached hydrogen (secondary N) is 1. The van der Waals surface area contributed by atoms with Crippen molar-refractivity contribution in [1.29, 1.82) is 0 Å². The van der Waals surface area contributed by atoms with Crippen LogP contribution in [0.1, 0.15) is 142 Å². The summed E-state index contributed by atoms with van der Waals surface area (Å²) in [6, 6.07) is -0.553. The van der Waals surface area contributed by atoms with Crippen LogP contribution in [-0.4, -0.2) is 34.9 Å². The number of allylic oxidation sites excluding steroid dienone is 10. The minimum Gasteiger partial charge on any atom is -0.394 e. The Balaban J connectivity index is 3.72. The van der Waals surface area contributed by atoms with E-state index in [4.69, 9.17) is 0 Å². The van der Waals surface area contributed by atoms with Crippen LogP contribution < -0.4 is 5.32 Å². The Kier molecular flexibility index (Phi) is 30.1. The van der Waals surface area contributed by atoms with E-state index in [1.54, 1.807) is 0 Å². The summed E-state index contributed by atoms with van der Waals surface area (Å²) in [7, 11) is 0. The van der Waals surface area contributed by atoms with Gasteiger partial charge in [-0.3, -0.25) is 4.79 Å². The zero-order valence-corrected chi connectivity index (χ0v) is 26.1. The summed E-state index contributed by atoms with van der Waals surface area (Å²) < 4.78 is 0. The van der Waals surface area contributed by atoms with E-state index in [9.17, 15) is 15.0 Å². The van der Waals surface area contributed by atoms with Crippen molar-refractivity contribution >= 4 is 5.91 Å². The van der Waals surface area contributed by atoms with Crippen LogP contribution in [0.2, 0.25) is 0 Å². The molecule has 230 valence electrons. The molecule has 0 aromatic carbocycles. The molecule has 0 aliphatic heterocycles. The fourth-order valence-electron chi connectivity index (χ4n) is 4.50. The molecule has 0 saturated carbocycles. The van der Waals surface area contributed by atoms with Crippen molar-refractivity contribution in [3.05, 3.63) is 60.8 Å². The summed E-state index contributed by atoms with van der Waals surface area (Å²) in [5.41, 5.74) is 0. The summed E-state index contributed by atoms with van der Waals surface area (Å²) in [4.78, 5) is 12.3. The molecule has 0 radical (unpaired) electrons. The van der Waals surface area contributed by atoms with E-state index in [-0.39, 0.29) is 12.5 Å². The third-order valence-electron chi connectivity index (χ3n) is 7.04. The lowest BCUT2D eigenvalue weighted by Gasteiger charge is -2.22. The zero-order valence-electron chi connectivity index (χ0n) is 26.1. The molecular formula is C36H63NO3. The molecular weight excluding hydrogens is 494 g/mol. The molecule has 3 N–H and O–H groups in total. The molecule has 2 atom stereocenters. The van der Waals surface area contributed by atoms with Crippen molar-refractivity contribution in [2.75, 3.05) is 6.61 Å². The highest BCUT2D eigenvalue weighted by Gasteiger charge is 2.19. The first kappa shape index (κ1) is 38.1. The fourth-order valence-corrected chi connectivity index (χ4v) is 4.50. The minimum absolute atomic E-state index is 0.0694. The van der Waals surface area contributed by atoms with Gasteiger partial charge < -0.3 is 15.5 Å². The predicted molar refractivity (Wildman–Crippen MR) is 174 cm³/mol. The lowest BCUT2D eigenvalue weighted by molar-refractivity contribution is -0.123. The Labute approximate surface area is 247 Å². The Morgan fingerprint density at radius 3 is 1.62 bits per heavy atom. The third kappa shape index (κ3) is 27.6. The highest BCUT2D eigenvalue weighted by atomic mass is 16.3. The van der Waals surface area contributed by atoms with Crippen molar-refractivity contribution in [3.63, 3.8) is 0 Å². The van der Waals surface area contributed by atoms with Crippen LogP contribution in [0, 0.1) is 0 Å². The molecule has 4 heteroatoms. The lowest BCUT2D eigenvalue weighted by atomic mass is 10.0. The molecule has 4 nitrogen and oxygen atoms in total. The Hall–Kier alpha value is -1.91. The number of hydrogen-bond acceptors (Lipinski definition) is 3. The molecule has 0 spiro atoms. The topological polar surface area (TPSA) is 69.6 Å². The molecule has 0 saturated heterocycles. The number of carbonyl (C=O) groups excluding carboxylic acids is 1. The van der Waals surface area contributed by atoms with Crippen LogP contribution in [0.3, 0.4) is 0 Å². The van der Waals surface area contributed by atoms with Gasteiger partial charge in [-0.1, -0.05) is 139 Å². The second kappa shape index (κ2) is 31.6. The molecule has 2 unspecified atom stereocenters. The van der Waals surface area contributed by atoms with Gasteiger partial charge in [0.2, 0.25) is 5.91 Å². The molecule has 0 aliphatic rings. The average molecular weight is 558 g/mol. The molecule has 0 aromatic rings. The van der Waals surface area contributed by atoms with Gasteiger partial charge >= 0.3 is 0 Å². The zero-order chi connectivity index (χ0) is 29.4. The van der Waals surface area contributed by atoms with E-state index in [1.165, 1.54) is 44.9 Å². The maximum absolute atomic E-state index is 12.3. The molecule has 0 bridgehead atoms. The first-order chi connectivity index (χ1) is 19.7. The second-order valence-corrected chi connectivity index (χ2v) is 10.8. The maximum atomic E-state index is 12.3. The van der Waals surface area contributed by atoms with Crippen LogP contribution in [0.4, 0.5) is 0 Å². The van der Waals surface area contributed by atoms with Crippen molar-refractivity contribution in [1.82, 2.24) is 5.32 Å². The van der Waals surface area contributed by atoms with Crippen LogP contribution in [-0.2, 0) is 4.79 Å². The van der Waals surface area contributed by atoms with E-state index in [2.05, 4.69) is 79.9 Å². The maximum Gasteiger partial charge on any atom is 0.220 e. The molecule has 40 heavy (non-hydrogen) atoms. The SMILES string of the molecule is CC/C=C\C/C=C\C/C=C\C/C=C\C/C=C\CCCCCC(=O)NC(CO)C(O)CCCCCCCCCCC. The van der Waals surface area contributed by atoms with Crippen LogP contribution in [0.5, 0.6) is 0 Å². The van der Waals surface area contributed by atoms with Crippen molar-refractivity contribution in [2.24, 2.45) is 0 Å². The van der Waals surface area contributed by atoms with Gasteiger partial charge in [-0.25, -0.2) is 0 Å². The van der Waals surface area contributed by atoms with Gasteiger partial charge in [0.1, 0.15) is 0 Å². The van der Waals surface area contributed by atoms with Gasteiger partial charge in [0.05, 0.1) is 18.8 Å². The van der Waals surface area contributed by atoms with Gasteiger partial charge in [-0.2, -0.15) is 0 Å². The largest absolute Gasteiger partial charge is 0.394 e. The van der Waals surface area contributed by atoms with Crippen molar-refractivity contribution < 1.29 is 15.0 Å². The Morgan fingerprint density at radius 1 is 0.625 bits per heavy atom. The number of aliphatic hydroxyl groups is 2. The van der Waals surface area contributed by atoms with Gasteiger partial charge in [0.25, 0.3) is 0 Å². The van der Waals surface area contributed by atoms with E-state index in [0.29, 0.717) is 12.8 Å². The van der Waals surface area contributed by atoms with Crippen molar-refractivity contribution in [2.45, 2.75) is 154 Å². The van der Waals surface area contributed by atoms with Crippen LogP contribution >= 0.6 is 0 Å². The van der Waals surface area contributed by atoms with Crippen molar-refractivity contribution in [3.8, 4) is 0 Å². The van der Waals surface area contributed by atoms with Crippen LogP contribution in [0.15, 0.2) is 60.8 Å². The van der Waals surface area contributed by atoms with E-state index < -0.39 is 12.1 Å². The number of aliphatic hydroxyl groups excluding tert-OH is 2. The fraction of sp³-hybridized carbons (Fsp3) is 0.694. The van der Waals surface area contributed by atoms with Gasteiger partial charge in [0, 0.05) is 6.42 Å². The number of rotatable bonds is 28. The summed E-state index contributed by atoms with van der Waals surface area (Å²) >= 11 is 0. The smallest absolute Gasteiger partial charge is 0.220 e. The first-order valence-electron chi connectivity index (χ1n) is 16.5. The normalized spacial score (nSPS) is 14.0. The Morgan fingerprint density at radius 2 is 1.10 bits per heavy atom. The van der Waals surface area contributed by atoms with Gasteiger partial charge in [-0.05, 0) is 57.8 Å². The lowest BCUT2D eigenvalue weighted by Crippen LogP contribution is -2.45. The molecule has 0 aliphatic carbocycles. The molecule has 0 rings (SSSR count). The summed E-state index contributed by atoms with van der Waals surface area (Å²) in [6.45, 7) is 4.18. The van der Waals surface area contributed by atoms with E-state index in [1.807, 2.05) is 0 Å². The third-order valence-corrected chi connectivity index (χ3v) is 7.04. The number of unbranched alkanes of at least 4 members (excludes halogenated alkanes) is 11. The molecule has 0 fully saturated rings. The predicted octanol–water partition coefficient (Wildman–Crippen LogP) is 9.45. The van der Waals surface area contributed by atoms with E-state index >= 15 is 0 Å². The van der Waals surface area contributed by atoms with Gasteiger partial charge in [-0.15, -0.1) is 0 Å². The number of amides is 1. The monoisotopic (exact) mass is 557 g/mol. The second-order valence-electron chi connectivity index (χ2n) is 10.8. The summed E-state index contributed by atoms with van der Waals surface area (Å²) in [5, 5.41) is 22.9. The highest BCUT2D eigenvalue weighted by molar-refractivity contribution is 5.76.